The van der Waals surface area contributed by atoms with E-state index in [2.05, 4.69) is 32.8 Å². The fourth-order valence-electron chi connectivity index (χ4n) is 4.91. The lowest BCUT2D eigenvalue weighted by molar-refractivity contribution is -0.0362. The number of nitrogens with zero attached hydrogens (tertiary/aromatic N) is 3. The first kappa shape index (κ1) is 24.3. The molecular formula is C28H34N4O4. The van der Waals surface area contributed by atoms with Gasteiger partial charge in [-0.2, -0.15) is 0 Å². The van der Waals surface area contributed by atoms with Crippen LogP contribution in [-0.4, -0.2) is 60.0 Å². The molecule has 3 heterocycles. The number of methoxy groups -OCH3 is 2. The molecule has 5 rings (SSSR count). The number of nitrogens with one attached hydrogen (secondary N) is 1. The molecule has 190 valence electrons. The van der Waals surface area contributed by atoms with Crippen molar-refractivity contribution in [2.24, 2.45) is 5.92 Å². The molecule has 0 spiro atoms. The summed E-state index contributed by atoms with van der Waals surface area (Å²) in [5.74, 6) is 3.17. The maximum Gasteiger partial charge on any atom is 0.230 e. The zero-order valence-corrected chi connectivity index (χ0v) is 21.4. The van der Waals surface area contributed by atoms with E-state index in [4.69, 9.17) is 18.9 Å². The summed E-state index contributed by atoms with van der Waals surface area (Å²) in [4.78, 5) is 14.6. The molecule has 1 aliphatic heterocycles. The third-order valence-electron chi connectivity index (χ3n) is 7.11. The van der Waals surface area contributed by atoms with Gasteiger partial charge in [0.25, 0.3) is 0 Å². The Hall–Kier alpha value is -3.36. The van der Waals surface area contributed by atoms with Crippen molar-refractivity contribution in [2.45, 2.75) is 39.3 Å². The summed E-state index contributed by atoms with van der Waals surface area (Å²) in [7, 11) is 3.41. The van der Waals surface area contributed by atoms with Crippen LogP contribution in [0.3, 0.4) is 0 Å². The maximum atomic E-state index is 6.18. The predicted octanol–water partition coefficient (Wildman–Crippen LogP) is 5.69. The first-order valence-electron chi connectivity index (χ1n) is 12.5. The smallest absolute Gasteiger partial charge is 0.230 e. The van der Waals surface area contributed by atoms with Crippen molar-refractivity contribution >= 4 is 21.8 Å². The Labute approximate surface area is 211 Å². The minimum absolute atomic E-state index is 0.181. The molecule has 0 amide bonds. The van der Waals surface area contributed by atoms with Crippen LogP contribution < -0.4 is 14.2 Å². The number of hydrogen-bond donors (Lipinski definition) is 1. The Morgan fingerprint density at radius 3 is 2.67 bits per heavy atom. The van der Waals surface area contributed by atoms with E-state index in [0.717, 1.165) is 59.9 Å². The second kappa shape index (κ2) is 10.7. The summed E-state index contributed by atoms with van der Waals surface area (Å²) in [5, 5.41) is 1.86. The van der Waals surface area contributed by atoms with Crippen LogP contribution >= 0.6 is 0 Å². The van der Waals surface area contributed by atoms with Gasteiger partial charge in [0.05, 0.1) is 24.6 Å². The SMILES string of the molecule is COc1cc2c(Oc3ccc4[nH]c(C)cc4c3)ncnc2cc1OCCC1CCN(C(C)OC)CC1. The quantitative estimate of drug-likeness (QED) is 0.323. The van der Waals surface area contributed by atoms with Crippen molar-refractivity contribution < 1.29 is 18.9 Å². The molecule has 1 N–H and O–H groups in total. The fourth-order valence-corrected chi connectivity index (χ4v) is 4.91. The van der Waals surface area contributed by atoms with Gasteiger partial charge in [0, 0.05) is 42.9 Å². The molecule has 1 aliphatic rings. The molecule has 0 saturated carbocycles. The van der Waals surface area contributed by atoms with E-state index in [-0.39, 0.29) is 6.23 Å². The second-order valence-corrected chi connectivity index (χ2v) is 9.45. The van der Waals surface area contributed by atoms with E-state index in [1.54, 1.807) is 14.2 Å². The first-order chi connectivity index (χ1) is 17.5. The number of likely N-dealkylation sites (tertiary alicyclic amines) is 1. The van der Waals surface area contributed by atoms with Gasteiger partial charge in [-0.15, -0.1) is 0 Å². The third-order valence-corrected chi connectivity index (χ3v) is 7.11. The monoisotopic (exact) mass is 490 g/mol. The molecule has 0 bridgehead atoms. The molecule has 2 aromatic heterocycles. The zero-order valence-electron chi connectivity index (χ0n) is 21.4. The van der Waals surface area contributed by atoms with Crippen LogP contribution in [-0.2, 0) is 4.74 Å². The van der Waals surface area contributed by atoms with E-state index >= 15 is 0 Å². The Kier molecular flexibility index (Phi) is 7.25. The first-order valence-corrected chi connectivity index (χ1v) is 12.5. The summed E-state index contributed by atoms with van der Waals surface area (Å²) in [6.07, 6.45) is 5.03. The largest absolute Gasteiger partial charge is 0.493 e. The van der Waals surface area contributed by atoms with Crippen molar-refractivity contribution in [1.29, 1.82) is 0 Å². The van der Waals surface area contributed by atoms with Gasteiger partial charge in [-0.1, -0.05) is 0 Å². The number of ether oxygens (including phenoxy) is 4. The fraction of sp³-hybridized carbons (Fsp3) is 0.429. The highest BCUT2D eigenvalue weighted by atomic mass is 16.5. The molecule has 1 saturated heterocycles. The van der Waals surface area contributed by atoms with Gasteiger partial charge in [-0.05, 0) is 69.4 Å². The molecule has 8 heteroatoms. The van der Waals surface area contributed by atoms with Crippen molar-refractivity contribution in [3.05, 3.63) is 48.4 Å². The van der Waals surface area contributed by atoms with Crippen molar-refractivity contribution in [1.82, 2.24) is 19.9 Å². The van der Waals surface area contributed by atoms with E-state index in [1.807, 2.05) is 37.3 Å². The summed E-state index contributed by atoms with van der Waals surface area (Å²) in [6, 6.07) is 11.8. The number of fused-ring (bicyclic) bond motifs is 2. The third kappa shape index (κ3) is 5.24. The van der Waals surface area contributed by atoms with Gasteiger partial charge in [0.1, 0.15) is 18.3 Å². The van der Waals surface area contributed by atoms with E-state index in [9.17, 15) is 0 Å². The van der Waals surface area contributed by atoms with Crippen LogP contribution in [0.2, 0.25) is 0 Å². The Bertz CT molecular complexity index is 1330. The minimum Gasteiger partial charge on any atom is -0.493 e. The normalized spacial score (nSPS) is 15.9. The summed E-state index contributed by atoms with van der Waals surface area (Å²) >= 11 is 0. The molecule has 36 heavy (non-hydrogen) atoms. The molecule has 8 nitrogen and oxygen atoms in total. The zero-order chi connectivity index (χ0) is 25.1. The summed E-state index contributed by atoms with van der Waals surface area (Å²) in [5.41, 5.74) is 2.93. The highest BCUT2D eigenvalue weighted by Crippen LogP contribution is 2.37. The molecule has 1 atom stereocenters. The van der Waals surface area contributed by atoms with Crippen molar-refractivity contribution in [2.75, 3.05) is 33.9 Å². The lowest BCUT2D eigenvalue weighted by Crippen LogP contribution is -2.41. The number of aromatic amines is 1. The van der Waals surface area contributed by atoms with Crippen LogP contribution in [0, 0.1) is 12.8 Å². The van der Waals surface area contributed by atoms with Crippen LogP contribution in [0.4, 0.5) is 0 Å². The predicted molar refractivity (Wildman–Crippen MR) is 140 cm³/mol. The summed E-state index contributed by atoms with van der Waals surface area (Å²) in [6.45, 7) is 6.91. The molecule has 0 radical (unpaired) electrons. The van der Waals surface area contributed by atoms with Gasteiger partial charge in [0.2, 0.25) is 5.88 Å². The van der Waals surface area contributed by atoms with Crippen LogP contribution in [0.5, 0.6) is 23.1 Å². The number of piperidine rings is 1. The van der Waals surface area contributed by atoms with Gasteiger partial charge >= 0.3 is 0 Å². The van der Waals surface area contributed by atoms with Gasteiger partial charge in [0.15, 0.2) is 11.5 Å². The topological polar surface area (TPSA) is 81.7 Å². The van der Waals surface area contributed by atoms with Crippen LogP contribution in [0.1, 0.15) is 31.9 Å². The molecule has 4 aromatic rings. The molecule has 0 aliphatic carbocycles. The van der Waals surface area contributed by atoms with Crippen LogP contribution in [0.25, 0.3) is 21.8 Å². The number of rotatable bonds is 9. The Morgan fingerprint density at radius 1 is 1.06 bits per heavy atom. The van der Waals surface area contributed by atoms with Gasteiger partial charge in [-0.3, -0.25) is 4.90 Å². The maximum absolute atomic E-state index is 6.18. The molecule has 1 fully saturated rings. The lowest BCUT2D eigenvalue weighted by Gasteiger charge is -2.35. The summed E-state index contributed by atoms with van der Waals surface area (Å²) < 4.78 is 23.4. The second-order valence-electron chi connectivity index (χ2n) is 9.45. The number of aromatic nitrogens is 3. The number of benzene rings is 2. The average molecular weight is 491 g/mol. The molecular weight excluding hydrogens is 456 g/mol. The number of H-pyrrole nitrogens is 1. The lowest BCUT2D eigenvalue weighted by atomic mass is 9.94. The van der Waals surface area contributed by atoms with Crippen molar-refractivity contribution in [3.8, 4) is 23.1 Å². The minimum atomic E-state index is 0.181. The standard InChI is InChI=1S/C28H34N4O4/c1-18-13-21-14-22(5-6-24(21)31-18)36-28-23-15-26(34-4)27(16-25(23)29-17-30-28)35-12-9-20-7-10-32(11-8-20)19(2)33-3/h5-6,13-17,19-20,31H,7-12H2,1-4H3. The van der Waals surface area contributed by atoms with Gasteiger partial charge < -0.3 is 23.9 Å². The van der Waals surface area contributed by atoms with E-state index < -0.39 is 0 Å². The highest BCUT2D eigenvalue weighted by molar-refractivity contribution is 5.87. The Morgan fingerprint density at radius 2 is 1.89 bits per heavy atom. The van der Waals surface area contributed by atoms with E-state index in [0.29, 0.717) is 35.7 Å². The number of hydrogen-bond acceptors (Lipinski definition) is 7. The average Bonchev–Trinajstić information content (AvgIpc) is 3.27. The molecule has 1 unspecified atom stereocenters. The number of aryl methyl sites for hydroxylation is 1. The van der Waals surface area contributed by atoms with Crippen molar-refractivity contribution in [3.63, 3.8) is 0 Å². The van der Waals surface area contributed by atoms with Gasteiger partial charge in [-0.25, -0.2) is 9.97 Å². The highest BCUT2D eigenvalue weighted by Gasteiger charge is 2.22. The van der Waals surface area contributed by atoms with E-state index in [1.165, 1.54) is 6.33 Å². The van der Waals surface area contributed by atoms with Crippen LogP contribution in [0.15, 0.2) is 42.7 Å². The molecule has 2 aromatic carbocycles. The Balaban J connectivity index is 1.27.